The second kappa shape index (κ2) is 5.46. The van der Waals surface area contributed by atoms with E-state index in [0.717, 1.165) is 12.8 Å². The van der Waals surface area contributed by atoms with Crippen LogP contribution in [0.25, 0.3) is 0 Å². The summed E-state index contributed by atoms with van der Waals surface area (Å²) in [5, 5.41) is 2.85. The number of carbonyl (C=O) groups excluding carboxylic acids is 1. The zero-order valence-electron chi connectivity index (χ0n) is 11.9. The van der Waals surface area contributed by atoms with Crippen molar-refractivity contribution in [3.63, 3.8) is 0 Å². The highest BCUT2D eigenvalue weighted by Gasteiger charge is 2.29. The summed E-state index contributed by atoms with van der Waals surface area (Å²) < 4.78 is 0. The molecule has 0 atom stereocenters. The molecule has 0 aromatic carbocycles. The first-order chi connectivity index (χ1) is 8.21. The first-order valence-corrected chi connectivity index (χ1v) is 6.27. The second-order valence-corrected chi connectivity index (χ2v) is 6.53. The molecule has 0 aliphatic heterocycles. The third kappa shape index (κ3) is 4.82. The molecule has 1 amide bonds. The maximum Gasteiger partial charge on any atom is 0.230 e. The Bertz CT molecular complexity index is 393. The van der Waals surface area contributed by atoms with Crippen LogP contribution in [0, 0.1) is 10.8 Å². The average molecular weight is 249 g/mol. The molecule has 0 aliphatic carbocycles. The van der Waals surface area contributed by atoms with E-state index in [1.807, 2.05) is 13.8 Å². The highest BCUT2D eigenvalue weighted by molar-refractivity contribution is 5.94. The van der Waals surface area contributed by atoms with Gasteiger partial charge < -0.3 is 5.32 Å². The van der Waals surface area contributed by atoms with Crippen LogP contribution in [-0.2, 0) is 4.79 Å². The maximum atomic E-state index is 12.2. The largest absolute Gasteiger partial charge is 0.323 e. The highest BCUT2D eigenvalue weighted by Crippen LogP contribution is 2.31. The Labute approximate surface area is 109 Å². The molecule has 1 heterocycles. The summed E-state index contributed by atoms with van der Waals surface area (Å²) in [6, 6.07) is 0. The van der Waals surface area contributed by atoms with E-state index >= 15 is 0 Å². The minimum Gasteiger partial charge on any atom is -0.323 e. The van der Waals surface area contributed by atoms with Crippen molar-refractivity contribution in [1.82, 2.24) is 9.97 Å². The van der Waals surface area contributed by atoms with E-state index in [1.165, 1.54) is 6.33 Å². The van der Waals surface area contributed by atoms with Crippen molar-refractivity contribution in [2.45, 2.75) is 47.5 Å². The molecule has 18 heavy (non-hydrogen) atoms. The van der Waals surface area contributed by atoms with E-state index in [2.05, 4.69) is 36.1 Å². The molecule has 0 aliphatic rings. The lowest BCUT2D eigenvalue weighted by Crippen LogP contribution is -2.31. The first-order valence-electron chi connectivity index (χ1n) is 6.27. The monoisotopic (exact) mass is 249 g/mol. The molecule has 0 bridgehead atoms. The van der Waals surface area contributed by atoms with E-state index in [4.69, 9.17) is 0 Å². The fourth-order valence-electron chi connectivity index (χ4n) is 1.46. The van der Waals surface area contributed by atoms with E-state index in [-0.39, 0.29) is 16.7 Å². The van der Waals surface area contributed by atoms with Gasteiger partial charge in [0.2, 0.25) is 5.91 Å². The lowest BCUT2D eigenvalue weighted by atomic mass is 9.79. The van der Waals surface area contributed by atoms with E-state index in [1.54, 1.807) is 12.4 Å². The Balaban J connectivity index is 2.59. The molecule has 0 radical (unpaired) electrons. The van der Waals surface area contributed by atoms with Crippen LogP contribution >= 0.6 is 0 Å². The maximum absolute atomic E-state index is 12.2. The fraction of sp³-hybridized carbons (Fsp3) is 0.643. The summed E-state index contributed by atoms with van der Waals surface area (Å²) in [6.45, 7) is 10.5. The number of carbonyl (C=O) groups is 1. The number of hydrogen-bond acceptors (Lipinski definition) is 3. The van der Waals surface area contributed by atoms with Gasteiger partial charge in [-0.1, -0.05) is 34.6 Å². The molecule has 0 saturated carbocycles. The molecule has 0 spiro atoms. The summed E-state index contributed by atoms with van der Waals surface area (Å²) in [4.78, 5) is 19.9. The van der Waals surface area contributed by atoms with E-state index in [9.17, 15) is 4.79 Å². The fourth-order valence-corrected chi connectivity index (χ4v) is 1.46. The molecule has 4 nitrogen and oxygen atoms in total. The summed E-state index contributed by atoms with van der Waals surface area (Å²) in [5.74, 6) is 0.0153. The molecule has 1 aromatic rings. The van der Waals surface area contributed by atoms with Crippen molar-refractivity contribution in [3.8, 4) is 0 Å². The molecule has 1 aromatic heterocycles. The van der Waals surface area contributed by atoms with Crippen molar-refractivity contribution < 1.29 is 4.79 Å². The van der Waals surface area contributed by atoms with Gasteiger partial charge in [0.1, 0.15) is 6.33 Å². The predicted octanol–water partition coefficient (Wildman–Crippen LogP) is 3.27. The van der Waals surface area contributed by atoms with Crippen LogP contribution < -0.4 is 5.32 Å². The van der Waals surface area contributed by atoms with Crippen molar-refractivity contribution in [1.29, 1.82) is 0 Å². The minimum absolute atomic E-state index is 0.0153. The topological polar surface area (TPSA) is 54.9 Å². The Morgan fingerprint density at radius 2 is 1.67 bits per heavy atom. The van der Waals surface area contributed by atoms with Gasteiger partial charge in [-0.25, -0.2) is 9.97 Å². The zero-order chi connectivity index (χ0) is 13.8. The molecule has 4 heteroatoms. The van der Waals surface area contributed by atoms with Gasteiger partial charge in [0.05, 0.1) is 18.1 Å². The van der Waals surface area contributed by atoms with Gasteiger partial charge in [0.25, 0.3) is 0 Å². The van der Waals surface area contributed by atoms with Gasteiger partial charge in [0, 0.05) is 5.41 Å². The number of rotatable bonds is 4. The average Bonchev–Trinajstić information content (AvgIpc) is 2.27. The Morgan fingerprint density at radius 1 is 1.11 bits per heavy atom. The van der Waals surface area contributed by atoms with E-state index < -0.39 is 0 Å². The number of aromatic nitrogens is 2. The van der Waals surface area contributed by atoms with Crippen LogP contribution in [0.4, 0.5) is 5.69 Å². The van der Waals surface area contributed by atoms with Gasteiger partial charge in [-0.3, -0.25) is 4.79 Å². The molecule has 1 N–H and O–H groups in total. The number of nitrogens with zero attached hydrogens (tertiary/aromatic N) is 2. The summed E-state index contributed by atoms with van der Waals surface area (Å²) in [5.41, 5.74) is 0.502. The van der Waals surface area contributed by atoms with Crippen molar-refractivity contribution >= 4 is 11.6 Å². The minimum atomic E-state index is -0.386. The van der Waals surface area contributed by atoms with Crippen LogP contribution in [0.15, 0.2) is 18.7 Å². The Hall–Kier alpha value is -1.45. The number of amides is 1. The van der Waals surface area contributed by atoms with Gasteiger partial charge in [-0.15, -0.1) is 0 Å². The van der Waals surface area contributed by atoms with Crippen LogP contribution in [-0.4, -0.2) is 15.9 Å². The van der Waals surface area contributed by atoms with Crippen LogP contribution in [0.1, 0.15) is 47.5 Å². The lowest BCUT2D eigenvalue weighted by molar-refractivity contribution is -0.124. The third-order valence-electron chi connectivity index (χ3n) is 2.93. The number of nitrogens with one attached hydrogen (secondary N) is 1. The predicted molar refractivity (Wildman–Crippen MR) is 73.1 cm³/mol. The Kier molecular flexibility index (Phi) is 4.43. The van der Waals surface area contributed by atoms with Crippen molar-refractivity contribution in [2.24, 2.45) is 10.8 Å². The standard InChI is InChI=1S/C14H23N3O/c1-13(2,3)6-7-14(4,5)12(18)17-11-8-15-10-16-9-11/h8-10H,6-7H2,1-5H3,(H,17,18). The SMILES string of the molecule is CC(C)(C)CCC(C)(C)C(=O)Nc1cncnc1. The summed E-state index contributed by atoms with van der Waals surface area (Å²) >= 11 is 0. The second-order valence-electron chi connectivity index (χ2n) is 6.53. The summed E-state index contributed by atoms with van der Waals surface area (Å²) in [6.07, 6.45) is 6.52. The van der Waals surface area contributed by atoms with Gasteiger partial charge in [0.15, 0.2) is 0 Å². The molecule has 1 rings (SSSR count). The van der Waals surface area contributed by atoms with Gasteiger partial charge in [-0.05, 0) is 18.3 Å². The third-order valence-corrected chi connectivity index (χ3v) is 2.93. The molecular weight excluding hydrogens is 226 g/mol. The first kappa shape index (κ1) is 14.6. The molecule has 0 unspecified atom stereocenters. The quantitative estimate of drug-likeness (QED) is 0.891. The van der Waals surface area contributed by atoms with Crippen molar-refractivity contribution in [2.75, 3.05) is 5.32 Å². The van der Waals surface area contributed by atoms with Crippen LogP contribution in [0.5, 0.6) is 0 Å². The van der Waals surface area contributed by atoms with Gasteiger partial charge in [-0.2, -0.15) is 0 Å². The summed E-state index contributed by atoms with van der Waals surface area (Å²) in [7, 11) is 0. The van der Waals surface area contributed by atoms with E-state index in [0.29, 0.717) is 5.69 Å². The van der Waals surface area contributed by atoms with Gasteiger partial charge >= 0.3 is 0 Å². The highest BCUT2D eigenvalue weighted by atomic mass is 16.2. The number of anilines is 1. The molecule has 100 valence electrons. The molecule has 0 fully saturated rings. The molecule has 0 saturated heterocycles. The Morgan fingerprint density at radius 3 is 2.17 bits per heavy atom. The van der Waals surface area contributed by atoms with Crippen molar-refractivity contribution in [3.05, 3.63) is 18.7 Å². The smallest absolute Gasteiger partial charge is 0.230 e. The zero-order valence-corrected chi connectivity index (χ0v) is 11.9. The lowest BCUT2D eigenvalue weighted by Gasteiger charge is -2.27. The normalized spacial score (nSPS) is 12.3. The van der Waals surface area contributed by atoms with Crippen LogP contribution in [0.3, 0.4) is 0 Å². The van der Waals surface area contributed by atoms with Crippen LogP contribution in [0.2, 0.25) is 0 Å². The molecular formula is C14H23N3O. The number of hydrogen-bond donors (Lipinski definition) is 1.